The average Bonchev–Trinajstić information content (AvgIpc) is 2.38. The van der Waals surface area contributed by atoms with Crippen molar-refractivity contribution in [3.8, 4) is 0 Å². The summed E-state index contributed by atoms with van der Waals surface area (Å²) in [5.74, 6) is -0.0156. The summed E-state index contributed by atoms with van der Waals surface area (Å²) in [5.41, 5.74) is 1.43. The van der Waals surface area contributed by atoms with Gasteiger partial charge in [0.15, 0.2) is 0 Å². The van der Waals surface area contributed by atoms with Crippen LogP contribution in [0.25, 0.3) is 0 Å². The van der Waals surface area contributed by atoms with Crippen molar-refractivity contribution in [3.63, 3.8) is 0 Å². The van der Waals surface area contributed by atoms with E-state index in [0.717, 1.165) is 5.56 Å². The van der Waals surface area contributed by atoms with E-state index in [0.29, 0.717) is 5.56 Å². The number of hydrogen-bond donors (Lipinski definition) is 1. The standard InChI is InChI=1S/C13H21N3O4S/c1-10-5-6-12(9-13(10)16(17)18)11(2)14-7-8-21(19,20)15(3)4/h5-6,9,11,14H,7-8H2,1-4H3. The minimum atomic E-state index is -3.24. The van der Waals surface area contributed by atoms with Crippen molar-refractivity contribution in [2.75, 3.05) is 26.4 Å². The molecule has 0 radical (unpaired) electrons. The fourth-order valence-electron chi connectivity index (χ4n) is 1.80. The molecular formula is C13H21N3O4S. The predicted octanol–water partition coefficient (Wildman–Crippen LogP) is 1.45. The van der Waals surface area contributed by atoms with E-state index in [1.807, 2.05) is 6.92 Å². The van der Waals surface area contributed by atoms with Gasteiger partial charge in [0.2, 0.25) is 10.0 Å². The molecule has 7 nitrogen and oxygen atoms in total. The quantitative estimate of drug-likeness (QED) is 0.607. The third kappa shape index (κ3) is 4.76. The maximum atomic E-state index is 11.6. The molecule has 0 heterocycles. The molecule has 0 amide bonds. The molecule has 0 fully saturated rings. The van der Waals surface area contributed by atoms with Crippen LogP contribution in [-0.2, 0) is 10.0 Å². The van der Waals surface area contributed by atoms with Crippen LogP contribution in [-0.4, -0.2) is 44.0 Å². The molecule has 0 aromatic heterocycles. The molecule has 1 aromatic rings. The van der Waals surface area contributed by atoms with Crippen molar-refractivity contribution in [1.82, 2.24) is 9.62 Å². The van der Waals surface area contributed by atoms with Gasteiger partial charge in [-0.2, -0.15) is 0 Å². The summed E-state index contributed by atoms with van der Waals surface area (Å²) in [7, 11) is -0.265. The van der Waals surface area contributed by atoms with E-state index in [2.05, 4.69) is 5.32 Å². The average molecular weight is 315 g/mol. The Kier molecular flexibility index (Phi) is 5.82. The van der Waals surface area contributed by atoms with Gasteiger partial charge in [0.25, 0.3) is 5.69 Å². The number of aryl methyl sites for hydroxylation is 1. The first-order valence-electron chi connectivity index (χ1n) is 6.53. The van der Waals surface area contributed by atoms with E-state index in [1.54, 1.807) is 19.1 Å². The van der Waals surface area contributed by atoms with Gasteiger partial charge >= 0.3 is 0 Å². The van der Waals surface area contributed by atoms with E-state index in [-0.39, 0.29) is 24.0 Å². The largest absolute Gasteiger partial charge is 0.309 e. The van der Waals surface area contributed by atoms with Crippen molar-refractivity contribution < 1.29 is 13.3 Å². The molecule has 1 rings (SSSR count). The lowest BCUT2D eigenvalue weighted by Crippen LogP contribution is -2.32. The maximum absolute atomic E-state index is 11.6. The zero-order valence-electron chi connectivity index (χ0n) is 12.7. The second-order valence-electron chi connectivity index (χ2n) is 5.08. The van der Waals surface area contributed by atoms with Gasteiger partial charge in [-0.15, -0.1) is 0 Å². The number of benzene rings is 1. The Morgan fingerprint density at radius 3 is 2.52 bits per heavy atom. The van der Waals surface area contributed by atoms with Crippen LogP contribution in [0.15, 0.2) is 18.2 Å². The molecule has 0 saturated heterocycles. The summed E-state index contributed by atoms with van der Waals surface area (Å²) < 4.78 is 24.4. The highest BCUT2D eigenvalue weighted by Gasteiger charge is 2.16. The number of nitro benzene ring substituents is 1. The fourth-order valence-corrected chi connectivity index (χ4v) is 2.54. The minimum absolute atomic E-state index is 0.0156. The number of sulfonamides is 1. The Bertz CT molecular complexity index is 614. The van der Waals surface area contributed by atoms with Crippen LogP contribution in [0.4, 0.5) is 5.69 Å². The Hall–Kier alpha value is -1.51. The summed E-state index contributed by atoms with van der Waals surface area (Å²) in [6, 6.07) is 4.86. The van der Waals surface area contributed by atoms with Gasteiger partial charge in [-0.1, -0.05) is 12.1 Å². The third-order valence-electron chi connectivity index (χ3n) is 3.30. The Morgan fingerprint density at radius 1 is 1.38 bits per heavy atom. The number of nitrogens with zero attached hydrogens (tertiary/aromatic N) is 2. The zero-order chi connectivity index (χ0) is 16.2. The van der Waals surface area contributed by atoms with Crippen LogP contribution < -0.4 is 5.32 Å². The predicted molar refractivity (Wildman–Crippen MR) is 81.7 cm³/mol. The smallest absolute Gasteiger partial charge is 0.272 e. The topological polar surface area (TPSA) is 92.6 Å². The minimum Gasteiger partial charge on any atom is -0.309 e. The van der Waals surface area contributed by atoms with Gasteiger partial charge in [-0.05, 0) is 19.4 Å². The molecule has 0 bridgehead atoms. The summed E-state index contributed by atoms with van der Waals surface area (Å²) in [4.78, 5) is 10.5. The summed E-state index contributed by atoms with van der Waals surface area (Å²) in [6.45, 7) is 3.81. The first-order chi connectivity index (χ1) is 9.65. The van der Waals surface area contributed by atoms with Gasteiger partial charge in [-0.3, -0.25) is 10.1 Å². The van der Waals surface area contributed by atoms with Crippen molar-refractivity contribution in [3.05, 3.63) is 39.4 Å². The second-order valence-corrected chi connectivity index (χ2v) is 7.38. The highest BCUT2D eigenvalue weighted by atomic mass is 32.2. The van der Waals surface area contributed by atoms with Crippen molar-refractivity contribution in [1.29, 1.82) is 0 Å². The third-order valence-corrected chi connectivity index (χ3v) is 5.13. The Labute approximate surface area is 125 Å². The van der Waals surface area contributed by atoms with Crippen LogP contribution in [0.3, 0.4) is 0 Å². The lowest BCUT2D eigenvalue weighted by molar-refractivity contribution is -0.385. The molecule has 8 heteroatoms. The van der Waals surface area contributed by atoms with Crippen molar-refractivity contribution in [2.24, 2.45) is 0 Å². The van der Waals surface area contributed by atoms with E-state index in [4.69, 9.17) is 0 Å². The maximum Gasteiger partial charge on any atom is 0.272 e. The first-order valence-corrected chi connectivity index (χ1v) is 8.14. The Morgan fingerprint density at radius 2 is 2.00 bits per heavy atom. The molecule has 0 saturated carbocycles. The first kappa shape index (κ1) is 17.5. The van der Waals surface area contributed by atoms with E-state index in [1.165, 1.54) is 24.5 Å². The SMILES string of the molecule is Cc1ccc(C(C)NCCS(=O)(=O)N(C)C)cc1[N+](=O)[O-]. The van der Waals surface area contributed by atoms with E-state index in [9.17, 15) is 18.5 Å². The van der Waals surface area contributed by atoms with Crippen molar-refractivity contribution >= 4 is 15.7 Å². The van der Waals surface area contributed by atoms with Crippen LogP contribution >= 0.6 is 0 Å². The Balaban J connectivity index is 2.71. The fraction of sp³-hybridized carbons (Fsp3) is 0.538. The molecule has 118 valence electrons. The second kappa shape index (κ2) is 6.97. The highest BCUT2D eigenvalue weighted by molar-refractivity contribution is 7.89. The summed E-state index contributed by atoms with van der Waals surface area (Å²) in [6.07, 6.45) is 0. The molecular weight excluding hydrogens is 294 g/mol. The van der Waals surface area contributed by atoms with Crippen LogP contribution in [0, 0.1) is 17.0 Å². The monoisotopic (exact) mass is 315 g/mol. The molecule has 1 aromatic carbocycles. The van der Waals surface area contributed by atoms with Crippen LogP contribution in [0.2, 0.25) is 0 Å². The number of nitrogens with one attached hydrogen (secondary N) is 1. The molecule has 21 heavy (non-hydrogen) atoms. The van der Waals surface area contributed by atoms with Gasteiger partial charge in [0, 0.05) is 38.3 Å². The van der Waals surface area contributed by atoms with Crippen LogP contribution in [0.1, 0.15) is 24.1 Å². The lowest BCUT2D eigenvalue weighted by Gasteiger charge is -2.16. The van der Waals surface area contributed by atoms with Crippen molar-refractivity contribution in [2.45, 2.75) is 19.9 Å². The van der Waals surface area contributed by atoms with Gasteiger partial charge in [0.05, 0.1) is 10.7 Å². The molecule has 1 unspecified atom stereocenters. The van der Waals surface area contributed by atoms with Gasteiger partial charge in [-0.25, -0.2) is 12.7 Å². The molecule has 0 aliphatic rings. The molecule has 1 atom stereocenters. The normalized spacial score (nSPS) is 13.4. The van der Waals surface area contributed by atoms with Crippen LogP contribution in [0.5, 0.6) is 0 Å². The molecule has 0 aliphatic heterocycles. The van der Waals surface area contributed by atoms with E-state index >= 15 is 0 Å². The summed E-state index contributed by atoms with van der Waals surface area (Å²) >= 11 is 0. The lowest BCUT2D eigenvalue weighted by atomic mass is 10.0. The zero-order valence-corrected chi connectivity index (χ0v) is 13.5. The molecule has 1 N–H and O–H groups in total. The van der Waals surface area contributed by atoms with E-state index < -0.39 is 14.9 Å². The number of hydrogen-bond acceptors (Lipinski definition) is 5. The molecule has 0 spiro atoms. The summed E-state index contributed by atoms with van der Waals surface area (Å²) in [5, 5.41) is 14.0. The molecule has 0 aliphatic carbocycles. The number of rotatable bonds is 7. The van der Waals surface area contributed by atoms with Gasteiger partial charge in [0.1, 0.15) is 0 Å². The van der Waals surface area contributed by atoms with Gasteiger partial charge < -0.3 is 5.32 Å². The highest BCUT2D eigenvalue weighted by Crippen LogP contribution is 2.23. The number of nitro groups is 1.